The largest absolute Gasteiger partial charge is 0.495 e. The van der Waals surface area contributed by atoms with E-state index in [1.807, 2.05) is 6.07 Å². The minimum atomic E-state index is 0.0397. The second-order valence-corrected chi connectivity index (χ2v) is 5.15. The molecule has 0 aromatic heterocycles. The second-order valence-electron chi connectivity index (χ2n) is 5.15. The summed E-state index contributed by atoms with van der Waals surface area (Å²) in [5.74, 6) is 0.697. The first-order valence-corrected chi connectivity index (χ1v) is 7.02. The van der Waals surface area contributed by atoms with Crippen molar-refractivity contribution in [3.8, 4) is 17.9 Å². The topological polar surface area (TPSA) is 68.8 Å². The van der Waals surface area contributed by atoms with Gasteiger partial charge in [-0.25, -0.2) is 0 Å². The van der Waals surface area contributed by atoms with E-state index in [0.717, 1.165) is 31.4 Å². The van der Waals surface area contributed by atoms with Crippen LogP contribution in [0.15, 0.2) is 18.2 Å². The fourth-order valence-electron chi connectivity index (χ4n) is 2.71. The molecule has 1 aromatic rings. The summed E-state index contributed by atoms with van der Waals surface area (Å²) in [6.45, 7) is 0. The lowest BCUT2D eigenvalue weighted by atomic mass is 9.96. The molecule has 1 saturated carbocycles. The Morgan fingerprint density at radius 2 is 2.00 bits per heavy atom. The number of ether oxygens (including phenoxy) is 1. The molecule has 0 aliphatic heterocycles. The third-order valence-corrected chi connectivity index (χ3v) is 3.85. The highest BCUT2D eigenvalue weighted by molar-refractivity contribution is 5.60. The predicted octanol–water partition coefficient (Wildman–Crippen LogP) is 3.45. The van der Waals surface area contributed by atoms with Crippen LogP contribution in [0.4, 0.5) is 5.69 Å². The van der Waals surface area contributed by atoms with E-state index in [1.54, 1.807) is 19.2 Å². The van der Waals surface area contributed by atoms with Crippen LogP contribution in [-0.2, 0) is 0 Å². The Bertz CT molecular complexity index is 542. The lowest BCUT2D eigenvalue weighted by Crippen LogP contribution is -2.27. The molecular weight excluding hydrogens is 250 g/mol. The molecule has 1 aliphatic rings. The van der Waals surface area contributed by atoms with Gasteiger partial charge in [-0.2, -0.15) is 10.5 Å². The Labute approximate surface area is 120 Å². The molecular formula is C16H19N3O. The molecule has 4 nitrogen and oxygen atoms in total. The van der Waals surface area contributed by atoms with E-state index in [1.165, 1.54) is 6.42 Å². The third kappa shape index (κ3) is 3.22. The quantitative estimate of drug-likeness (QED) is 0.853. The number of nitrogens with one attached hydrogen (secondary N) is 1. The monoisotopic (exact) mass is 269 g/mol. The van der Waals surface area contributed by atoms with Crippen LogP contribution < -0.4 is 10.1 Å². The highest BCUT2D eigenvalue weighted by Crippen LogP contribution is 2.31. The molecule has 1 N–H and O–H groups in total. The summed E-state index contributed by atoms with van der Waals surface area (Å²) in [6, 6.07) is 10.0. The average molecular weight is 269 g/mol. The standard InChI is InChI=1S/C16H19N3O/c1-20-16-9-12(10-17)7-8-15(16)19-14-6-4-2-3-5-13(14)11-18/h7-9,13-14,19H,2-6H2,1H3. The van der Waals surface area contributed by atoms with Gasteiger partial charge in [-0.3, -0.25) is 0 Å². The smallest absolute Gasteiger partial charge is 0.143 e. The summed E-state index contributed by atoms with van der Waals surface area (Å²) >= 11 is 0. The van der Waals surface area contributed by atoms with Gasteiger partial charge in [0.2, 0.25) is 0 Å². The fraction of sp³-hybridized carbons (Fsp3) is 0.500. The molecule has 0 heterocycles. The Morgan fingerprint density at radius 1 is 1.20 bits per heavy atom. The van der Waals surface area contributed by atoms with Gasteiger partial charge in [-0.15, -0.1) is 0 Å². The van der Waals surface area contributed by atoms with E-state index in [-0.39, 0.29) is 12.0 Å². The van der Waals surface area contributed by atoms with Gasteiger partial charge in [-0.05, 0) is 25.0 Å². The predicted molar refractivity (Wildman–Crippen MR) is 77.3 cm³/mol. The van der Waals surface area contributed by atoms with Crippen molar-refractivity contribution in [3.05, 3.63) is 23.8 Å². The maximum atomic E-state index is 9.31. The van der Waals surface area contributed by atoms with E-state index in [4.69, 9.17) is 10.00 Å². The van der Waals surface area contributed by atoms with Crippen LogP contribution in [0, 0.1) is 28.6 Å². The van der Waals surface area contributed by atoms with E-state index in [9.17, 15) is 5.26 Å². The number of nitrogens with zero attached hydrogens (tertiary/aromatic N) is 2. The second kappa shape index (κ2) is 6.82. The van der Waals surface area contributed by atoms with Crippen molar-refractivity contribution < 1.29 is 4.74 Å². The van der Waals surface area contributed by atoms with Gasteiger partial charge < -0.3 is 10.1 Å². The summed E-state index contributed by atoms with van der Waals surface area (Å²) in [4.78, 5) is 0. The summed E-state index contributed by atoms with van der Waals surface area (Å²) in [5, 5.41) is 21.7. The summed E-state index contributed by atoms with van der Waals surface area (Å²) in [6.07, 6.45) is 5.42. The van der Waals surface area contributed by atoms with Gasteiger partial charge in [0, 0.05) is 12.1 Å². The molecule has 2 rings (SSSR count). The highest BCUT2D eigenvalue weighted by Gasteiger charge is 2.24. The van der Waals surface area contributed by atoms with Gasteiger partial charge in [0.25, 0.3) is 0 Å². The number of methoxy groups -OCH3 is 1. The Kier molecular flexibility index (Phi) is 4.85. The van der Waals surface area contributed by atoms with Crippen molar-refractivity contribution in [3.63, 3.8) is 0 Å². The van der Waals surface area contributed by atoms with Crippen molar-refractivity contribution in [2.45, 2.75) is 38.1 Å². The first-order chi connectivity index (χ1) is 9.78. The molecule has 0 spiro atoms. The van der Waals surface area contributed by atoms with Crippen LogP contribution in [0.3, 0.4) is 0 Å². The zero-order valence-corrected chi connectivity index (χ0v) is 11.7. The maximum Gasteiger partial charge on any atom is 0.143 e. The molecule has 1 aliphatic carbocycles. The van der Waals surface area contributed by atoms with Gasteiger partial charge in [-0.1, -0.05) is 19.3 Å². The van der Waals surface area contributed by atoms with Gasteiger partial charge in [0.1, 0.15) is 5.75 Å². The summed E-state index contributed by atoms with van der Waals surface area (Å²) < 4.78 is 5.33. The minimum absolute atomic E-state index is 0.0397. The van der Waals surface area contributed by atoms with Crippen molar-refractivity contribution in [1.29, 1.82) is 10.5 Å². The lowest BCUT2D eigenvalue weighted by molar-refractivity contribution is 0.414. The Balaban J connectivity index is 2.19. The van der Waals surface area contributed by atoms with Crippen LogP contribution in [0.25, 0.3) is 0 Å². The highest BCUT2D eigenvalue weighted by atomic mass is 16.5. The van der Waals surface area contributed by atoms with Gasteiger partial charge in [0.15, 0.2) is 0 Å². The number of rotatable bonds is 3. The fourth-order valence-corrected chi connectivity index (χ4v) is 2.71. The molecule has 0 saturated heterocycles. The molecule has 2 atom stereocenters. The van der Waals surface area contributed by atoms with Crippen LogP contribution in [0.2, 0.25) is 0 Å². The Morgan fingerprint density at radius 3 is 2.70 bits per heavy atom. The maximum absolute atomic E-state index is 9.31. The van der Waals surface area contributed by atoms with Crippen molar-refractivity contribution >= 4 is 5.69 Å². The van der Waals surface area contributed by atoms with E-state index in [2.05, 4.69) is 17.5 Å². The normalized spacial score (nSPS) is 22.1. The molecule has 1 fully saturated rings. The third-order valence-electron chi connectivity index (χ3n) is 3.85. The van der Waals surface area contributed by atoms with Crippen LogP contribution in [-0.4, -0.2) is 13.2 Å². The molecule has 2 unspecified atom stereocenters. The van der Waals surface area contributed by atoms with Crippen molar-refractivity contribution in [2.75, 3.05) is 12.4 Å². The van der Waals surface area contributed by atoms with Crippen molar-refractivity contribution in [2.24, 2.45) is 5.92 Å². The van der Waals surface area contributed by atoms with Crippen LogP contribution in [0.5, 0.6) is 5.75 Å². The number of anilines is 1. The molecule has 1 aromatic carbocycles. The SMILES string of the molecule is COc1cc(C#N)ccc1NC1CCCCCC1C#N. The molecule has 104 valence electrons. The molecule has 20 heavy (non-hydrogen) atoms. The zero-order valence-electron chi connectivity index (χ0n) is 11.7. The molecule has 4 heteroatoms. The van der Waals surface area contributed by atoms with Gasteiger partial charge >= 0.3 is 0 Å². The summed E-state index contributed by atoms with van der Waals surface area (Å²) in [5.41, 5.74) is 1.43. The number of nitriles is 2. The zero-order chi connectivity index (χ0) is 14.4. The number of hydrogen-bond acceptors (Lipinski definition) is 4. The van der Waals surface area contributed by atoms with E-state index >= 15 is 0 Å². The average Bonchev–Trinajstić information content (AvgIpc) is 2.72. The van der Waals surface area contributed by atoms with Crippen LogP contribution >= 0.6 is 0 Å². The number of hydrogen-bond donors (Lipinski definition) is 1. The van der Waals surface area contributed by atoms with E-state index < -0.39 is 0 Å². The van der Waals surface area contributed by atoms with Crippen molar-refractivity contribution in [1.82, 2.24) is 0 Å². The minimum Gasteiger partial charge on any atom is -0.495 e. The molecule has 0 bridgehead atoms. The first kappa shape index (κ1) is 14.2. The van der Waals surface area contributed by atoms with E-state index in [0.29, 0.717) is 11.3 Å². The number of benzene rings is 1. The molecule has 0 radical (unpaired) electrons. The summed E-state index contributed by atoms with van der Waals surface area (Å²) in [7, 11) is 1.59. The first-order valence-electron chi connectivity index (χ1n) is 7.02. The lowest BCUT2D eigenvalue weighted by Gasteiger charge is -2.23. The van der Waals surface area contributed by atoms with Crippen LogP contribution in [0.1, 0.15) is 37.7 Å². The molecule has 0 amide bonds. The van der Waals surface area contributed by atoms with Gasteiger partial charge in [0.05, 0.1) is 36.4 Å². The Hall–Kier alpha value is -2.20.